The van der Waals surface area contributed by atoms with Gasteiger partial charge in [0, 0.05) is 23.1 Å². The Labute approximate surface area is 206 Å². The van der Waals surface area contributed by atoms with E-state index in [1.807, 2.05) is 0 Å². The summed E-state index contributed by atoms with van der Waals surface area (Å²) in [4.78, 5) is 0. The number of hydrogen-bond acceptors (Lipinski definition) is 0. The summed E-state index contributed by atoms with van der Waals surface area (Å²) in [6.45, 7) is 11.7. The Bertz CT molecular complexity index is 1200. The highest BCUT2D eigenvalue weighted by atomic mass is 15.0. The number of benzene rings is 2. The maximum atomic E-state index is 2.39. The summed E-state index contributed by atoms with van der Waals surface area (Å²) in [5, 5.41) is 0. The zero-order valence-electron chi connectivity index (χ0n) is 21.8. The second-order valence-electron chi connectivity index (χ2n) is 10.8. The second-order valence-corrected chi connectivity index (χ2v) is 10.8. The molecule has 2 aromatic carbocycles. The van der Waals surface area contributed by atoms with Gasteiger partial charge in [-0.2, -0.15) is 4.58 Å². The highest BCUT2D eigenvalue weighted by molar-refractivity contribution is 6.03. The van der Waals surface area contributed by atoms with E-state index in [9.17, 15) is 0 Å². The van der Waals surface area contributed by atoms with Gasteiger partial charge in [0.1, 0.15) is 7.05 Å². The van der Waals surface area contributed by atoms with Gasteiger partial charge >= 0.3 is 0 Å². The van der Waals surface area contributed by atoms with Crippen LogP contribution in [0.25, 0.3) is 0 Å². The van der Waals surface area contributed by atoms with E-state index in [0.29, 0.717) is 5.92 Å². The van der Waals surface area contributed by atoms with Crippen LogP contribution in [0.15, 0.2) is 96.6 Å². The lowest BCUT2D eigenvalue weighted by atomic mass is 9.75. The molecule has 4 rings (SSSR count). The Morgan fingerprint density at radius 1 is 0.824 bits per heavy atom. The number of allylic oxidation sites excluding steroid dienone is 8. The van der Waals surface area contributed by atoms with E-state index >= 15 is 0 Å². The molecule has 1 unspecified atom stereocenters. The molecule has 0 saturated heterocycles. The van der Waals surface area contributed by atoms with Gasteiger partial charge in [0.15, 0.2) is 5.71 Å². The third-order valence-electron chi connectivity index (χ3n) is 8.07. The van der Waals surface area contributed by atoms with Gasteiger partial charge in [-0.1, -0.05) is 105 Å². The molecule has 176 valence electrons. The van der Waals surface area contributed by atoms with Crippen LogP contribution in [0.3, 0.4) is 0 Å². The van der Waals surface area contributed by atoms with E-state index in [-0.39, 0.29) is 10.8 Å². The quantitative estimate of drug-likeness (QED) is 0.244. The van der Waals surface area contributed by atoms with Crippen molar-refractivity contribution in [2.24, 2.45) is 0 Å². The molecule has 1 nitrogen and oxygen atoms in total. The monoisotopic (exact) mass is 450 g/mol. The summed E-state index contributed by atoms with van der Waals surface area (Å²) < 4.78 is 2.31. The Balaban J connectivity index is 1.47. The number of para-hydroxylation sites is 1. The molecule has 0 N–H and O–H groups in total. The molecule has 1 heteroatoms. The zero-order chi connectivity index (χ0) is 24.3. The van der Waals surface area contributed by atoms with Gasteiger partial charge in [0.2, 0.25) is 5.69 Å². The van der Waals surface area contributed by atoms with Crippen LogP contribution >= 0.6 is 0 Å². The van der Waals surface area contributed by atoms with Crippen LogP contribution in [0, 0.1) is 0 Å². The van der Waals surface area contributed by atoms with Crippen LogP contribution in [0.2, 0.25) is 0 Å². The van der Waals surface area contributed by atoms with Gasteiger partial charge in [-0.3, -0.25) is 0 Å². The Kier molecular flexibility index (Phi) is 6.94. The Hall–Kier alpha value is -2.93. The zero-order valence-corrected chi connectivity index (χ0v) is 21.8. The van der Waals surface area contributed by atoms with Gasteiger partial charge in [-0.25, -0.2) is 0 Å². The van der Waals surface area contributed by atoms with Crippen LogP contribution in [0.4, 0.5) is 5.69 Å². The lowest BCUT2D eigenvalue weighted by Crippen LogP contribution is -2.26. The Morgan fingerprint density at radius 3 is 2.21 bits per heavy atom. The maximum absolute atomic E-state index is 2.39. The average Bonchev–Trinajstić information content (AvgIpc) is 2.95. The van der Waals surface area contributed by atoms with E-state index in [4.69, 9.17) is 0 Å². The van der Waals surface area contributed by atoms with Crippen LogP contribution in [-0.2, 0) is 10.8 Å². The van der Waals surface area contributed by atoms with E-state index in [0.717, 1.165) is 6.42 Å². The van der Waals surface area contributed by atoms with Crippen LogP contribution < -0.4 is 0 Å². The highest BCUT2D eigenvalue weighted by Gasteiger charge is 2.42. The number of rotatable bonds is 5. The first-order valence-electron chi connectivity index (χ1n) is 12.8. The molecule has 2 aliphatic rings. The van der Waals surface area contributed by atoms with Crippen molar-refractivity contribution in [3.63, 3.8) is 0 Å². The standard InChI is InChI=1S/C33H40N/c1-7-25-23-24-26(32(2,3)28-19-14-13-18-27(25)28)17-11-9-8-10-12-22-31-33(4,5)29-20-15-16-21-30(29)34(31)6/h8-22,25H,7,23-24H2,1-6H3/q+1/b10-8+,11-9+,22-12+,26-17-. The molecule has 0 bridgehead atoms. The number of nitrogens with zero attached hydrogens (tertiary/aromatic N) is 1. The van der Waals surface area contributed by atoms with Crippen LogP contribution in [0.5, 0.6) is 0 Å². The first kappa shape index (κ1) is 24.2. The molecular weight excluding hydrogens is 410 g/mol. The molecule has 1 aliphatic heterocycles. The summed E-state index contributed by atoms with van der Waals surface area (Å²) in [5.74, 6) is 0.664. The Morgan fingerprint density at radius 2 is 1.47 bits per heavy atom. The molecule has 1 aliphatic carbocycles. The van der Waals surface area contributed by atoms with E-state index in [1.54, 1.807) is 5.56 Å². The first-order valence-corrected chi connectivity index (χ1v) is 12.8. The third kappa shape index (κ3) is 4.41. The summed E-state index contributed by atoms with van der Waals surface area (Å²) in [6.07, 6.45) is 19.0. The minimum atomic E-state index is 0.0215. The summed E-state index contributed by atoms with van der Waals surface area (Å²) in [5.41, 5.74) is 8.69. The van der Waals surface area contributed by atoms with Crippen molar-refractivity contribution in [3.8, 4) is 0 Å². The summed E-state index contributed by atoms with van der Waals surface area (Å²) in [7, 11) is 2.17. The summed E-state index contributed by atoms with van der Waals surface area (Å²) in [6, 6.07) is 17.8. The van der Waals surface area contributed by atoms with Crippen molar-refractivity contribution in [3.05, 3.63) is 113 Å². The van der Waals surface area contributed by atoms with Gasteiger partial charge in [0.05, 0.1) is 5.41 Å². The second kappa shape index (κ2) is 9.74. The molecule has 1 atom stereocenters. The predicted molar refractivity (Wildman–Crippen MR) is 148 cm³/mol. The fraction of sp³-hybridized carbons (Fsp3) is 0.364. The number of fused-ring (bicyclic) bond motifs is 2. The van der Waals surface area contributed by atoms with Gasteiger partial charge in [-0.15, -0.1) is 0 Å². The highest BCUT2D eigenvalue weighted by Crippen LogP contribution is 2.44. The molecule has 0 spiro atoms. The molecule has 0 radical (unpaired) electrons. The van der Waals surface area contributed by atoms with E-state index in [1.165, 1.54) is 40.9 Å². The predicted octanol–water partition coefficient (Wildman–Crippen LogP) is 8.55. The van der Waals surface area contributed by atoms with Crippen molar-refractivity contribution in [2.75, 3.05) is 7.05 Å². The average molecular weight is 451 g/mol. The molecule has 0 fully saturated rings. The van der Waals surface area contributed by atoms with Crippen LogP contribution in [0.1, 0.15) is 76.5 Å². The SMILES string of the molecule is CCC1CC/C(=C/C=C/C=C/C=C/C2=[N+](C)c3ccccc3C2(C)C)C(C)(C)c2ccccc21. The van der Waals surface area contributed by atoms with Gasteiger partial charge < -0.3 is 0 Å². The van der Waals surface area contributed by atoms with Crippen LogP contribution in [-0.4, -0.2) is 17.3 Å². The van der Waals surface area contributed by atoms with Crippen molar-refractivity contribution in [1.82, 2.24) is 0 Å². The molecule has 0 saturated carbocycles. The van der Waals surface area contributed by atoms with Crippen molar-refractivity contribution in [2.45, 2.75) is 70.6 Å². The minimum absolute atomic E-state index is 0.0215. The fourth-order valence-corrected chi connectivity index (χ4v) is 5.92. The van der Waals surface area contributed by atoms with E-state index in [2.05, 4.69) is 137 Å². The molecule has 34 heavy (non-hydrogen) atoms. The molecular formula is C33H40N+. The minimum Gasteiger partial charge on any atom is -0.198 e. The smallest absolute Gasteiger partial charge is 0.198 e. The van der Waals surface area contributed by atoms with Crippen molar-refractivity contribution in [1.29, 1.82) is 0 Å². The lowest BCUT2D eigenvalue weighted by molar-refractivity contribution is -0.401. The van der Waals surface area contributed by atoms with E-state index < -0.39 is 0 Å². The summed E-state index contributed by atoms with van der Waals surface area (Å²) >= 11 is 0. The maximum Gasteiger partial charge on any atom is 0.209 e. The third-order valence-corrected chi connectivity index (χ3v) is 8.07. The largest absolute Gasteiger partial charge is 0.209 e. The fourth-order valence-electron chi connectivity index (χ4n) is 5.92. The molecule has 0 aromatic heterocycles. The lowest BCUT2D eigenvalue weighted by Gasteiger charge is -2.29. The number of hydrogen-bond donors (Lipinski definition) is 0. The molecule has 1 heterocycles. The first-order chi connectivity index (χ1) is 16.3. The molecule has 2 aromatic rings. The van der Waals surface area contributed by atoms with Crippen molar-refractivity contribution >= 4 is 11.4 Å². The topological polar surface area (TPSA) is 3.01 Å². The van der Waals surface area contributed by atoms with Gasteiger partial charge in [0.25, 0.3) is 0 Å². The molecule has 0 amide bonds. The normalized spacial score (nSPS) is 22.6. The van der Waals surface area contributed by atoms with Gasteiger partial charge in [-0.05, 0) is 50.2 Å². The van der Waals surface area contributed by atoms with Crippen molar-refractivity contribution < 1.29 is 4.58 Å².